The summed E-state index contributed by atoms with van der Waals surface area (Å²) in [5.74, 6) is -0.943. The summed E-state index contributed by atoms with van der Waals surface area (Å²) < 4.78 is 23.3. The third kappa shape index (κ3) is 5.49. The Morgan fingerprint density at radius 1 is 1.15 bits per heavy atom. The molecule has 1 fully saturated rings. The number of Topliss-reactive ketones (excluding diaryl/α,β-unsaturated/α-hetero) is 1. The second-order valence-electron chi connectivity index (χ2n) is 10.9. The first kappa shape index (κ1) is 29.5. The monoisotopic (exact) mass is 600 g/mol. The molecule has 1 unspecified atom stereocenters. The fourth-order valence-corrected chi connectivity index (χ4v) is 6.00. The lowest BCUT2D eigenvalue weighted by molar-refractivity contribution is -0.149. The summed E-state index contributed by atoms with van der Waals surface area (Å²) in [6, 6.07) is 9.46. The van der Waals surface area contributed by atoms with Crippen LogP contribution in [0.5, 0.6) is 0 Å². The Morgan fingerprint density at radius 2 is 1.83 bits per heavy atom. The second-order valence-corrected chi connectivity index (χ2v) is 11.8. The molecule has 41 heavy (non-hydrogen) atoms. The van der Waals surface area contributed by atoms with Crippen molar-refractivity contribution in [2.75, 3.05) is 20.6 Å². The molecule has 11 heteroatoms. The van der Waals surface area contributed by atoms with E-state index in [1.165, 1.54) is 23.4 Å². The number of carbonyl (C=O) groups excluding carboxylic acids is 2. The van der Waals surface area contributed by atoms with Crippen molar-refractivity contribution < 1.29 is 23.8 Å². The summed E-state index contributed by atoms with van der Waals surface area (Å²) in [5.41, 5.74) is -2.38. The van der Waals surface area contributed by atoms with Gasteiger partial charge in [0.2, 0.25) is 5.72 Å². The van der Waals surface area contributed by atoms with Crippen LogP contribution in [-0.2, 0) is 27.4 Å². The van der Waals surface area contributed by atoms with Crippen LogP contribution in [-0.4, -0.2) is 63.3 Å². The number of aliphatic hydroxyl groups is 1. The molecule has 3 atom stereocenters. The van der Waals surface area contributed by atoms with Crippen molar-refractivity contribution >= 4 is 34.9 Å². The van der Waals surface area contributed by atoms with Crippen molar-refractivity contribution in [3.63, 3.8) is 0 Å². The van der Waals surface area contributed by atoms with E-state index in [0.717, 1.165) is 0 Å². The number of fused-ring (bicyclic) bond motifs is 1. The first-order valence-electron chi connectivity index (χ1n) is 13.4. The summed E-state index contributed by atoms with van der Waals surface area (Å²) in [4.78, 5) is 38.3. The number of ketones is 1. The van der Waals surface area contributed by atoms with Gasteiger partial charge >= 0.3 is 0 Å². The molecule has 0 radical (unpaired) electrons. The number of rotatable bonds is 9. The van der Waals surface area contributed by atoms with Crippen molar-refractivity contribution in [1.82, 2.24) is 19.8 Å². The highest BCUT2D eigenvalue weighted by Gasteiger charge is 2.56. The van der Waals surface area contributed by atoms with Gasteiger partial charge in [0.15, 0.2) is 0 Å². The minimum absolute atomic E-state index is 0.00481. The van der Waals surface area contributed by atoms with Crippen LogP contribution < -0.4 is 0 Å². The zero-order chi connectivity index (χ0) is 29.5. The van der Waals surface area contributed by atoms with E-state index in [-0.39, 0.29) is 47.8 Å². The third-order valence-electron chi connectivity index (χ3n) is 7.73. The van der Waals surface area contributed by atoms with E-state index in [9.17, 15) is 14.7 Å². The predicted molar refractivity (Wildman–Crippen MR) is 152 cm³/mol. The van der Waals surface area contributed by atoms with Crippen molar-refractivity contribution in [2.24, 2.45) is 0 Å². The van der Waals surface area contributed by atoms with Crippen LogP contribution in [0.15, 0.2) is 48.8 Å². The largest absolute Gasteiger partial charge is 0.384 e. The number of nitrogens with zero attached hydrogens (tertiary/aromatic N) is 4. The number of ether oxygens (including phenoxy) is 1. The van der Waals surface area contributed by atoms with E-state index < -0.39 is 29.2 Å². The molecule has 1 aromatic heterocycles. The number of aromatic nitrogens is 2. The first-order chi connectivity index (χ1) is 19.5. The molecule has 8 nitrogen and oxygen atoms in total. The summed E-state index contributed by atoms with van der Waals surface area (Å²) >= 11 is 12.2. The van der Waals surface area contributed by atoms with Gasteiger partial charge < -0.3 is 14.7 Å². The minimum atomic E-state index is -1.76. The lowest BCUT2D eigenvalue weighted by Crippen LogP contribution is -2.48. The van der Waals surface area contributed by atoms with Gasteiger partial charge in [-0.2, -0.15) is 0 Å². The van der Waals surface area contributed by atoms with Crippen LogP contribution in [0.1, 0.15) is 65.5 Å². The van der Waals surface area contributed by atoms with Gasteiger partial charge in [-0.3, -0.25) is 14.5 Å². The Labute approximate surface area is 248 Å². The quantitative estimate of drug-likeness (QED) is 0.366. The van der Waals surface area contributed by atoms with E-state index in [2.05, 4.69) is 9.97 Å². The zero-order valence-corrected chi connectivity index (χ0v) is 24.5. The average molecular weight is 602 g/mol. The highest BCUT2D eigenvalue weighted by molar-refractivity contribution is 6.30. The number of benzene rings is 2. The van der Waals surface area contributed by atoms with Gasteiger partial charge in [0.1, 0.15) is 23.0 Å². The number of hydrogen-bond donors (Lipinski definition) is 1. The van der Waals surface area contributed by atoms with Gasteiger partial charge in [-0.25, -0.2) is 14.4 Å². The van der Waals surface area contributed by atoms with Crippen LogP contribution >= 0.6 is 23.2 Å². The molecule has 0 spiro atoms. The maximum absolute atomic E-state index is 16.6. The molecule has 216 valence electrons. The zero-order valence-electron chi connectivity index (χ0n) is 23.0. The summed E-state index contributed by atoms with van der Waals surface area (Å²) in [5, 5.41) is 12.3. The molecule has 0 saturated heterocycles. The van der Waals surface area contributed by atoms with Gasteiger partial charge in [-0.05, 0) is 56.8 Å². The van der Waals surface area contributed by atoms with Crippen LogP contribution in [0.2, 0.25) is 10.0 Å². The number of likely N-dealkylation sites (N-methyl/N-ethyl adjacent to an activating group) is 1. The maximum Gasteiger partial charge on any atom is 0.257 e. The highest BCUT2D eigenvalue weighted by Crippen LogP contribution is 2.50. The number of halogens is 3. The molecule has 2 aliphatic rings. The Kier molecular flexibility index (Phi) is 8.20. The highest BCUT2D eigenvalue weighted by atomic mass is 35.5. The summed E-state index contributed by atoms with van der Waals surface area (Å²) in [6.45, 7) is 1.89. The lowest BCUT2D eigenvalue weighted by atomic mass is 9.85. The first-order valence-corrected chi connectivity index (χ1v) is 14.2. The summed E-state index contributed by atoms with van der Waals surface area (Å²) in [7, 11) is 3.62. The summed E-state index contributed by atoms with van der Waals surface area (Å²) in [6.07, 6.45) is 3.47. The molecule has 0 bridgehead atoms. The molecule has 1 aliphatic heterocycles. The van der Waals surface area contributed by atoms with E-state index in [1.807, 2.05) is 14.1 Å². The molecule has 1 amide bonds. The van der Waals surface area contributed by atoms with E-state index >= 15 is 4.39 Å². The topological polar surface area (TPSA) is 95.9 Å². The molecular formula is C30H31Cl2FN4O4. The molecule has 3 aromatic rings. The maximum atomic E-state index is 16.6. The van der Waals surface area contributed by atoms with Gasteiger partial charge in [-0.1, -0.05) is 42.3 Å². The Bertz CT molecular complexity index is 1470. The Morgan fingerprint density at radius 3 is 2.41 bits per heavy atom. The van der Waals surface area contributed by atoms with Crippen LogP contribution in [0, 0.1) is 5.82 Å². The number of amides is 1. The smallest absolute Gasteiger partial charge is 0.257 e. The van der Waals surface area contributed by atoms with Crippen LogP contribution in [0.25, 0.3) is 0 Å². The van der Waals surface area contributed by atoms with Crippen molar-refractivity contribution in [3.05, 3.63) is 92.7 Å². The van der Waals surface area contributed by atoms with Gasteiger partial charge in [0.05, 0.1) is 28.8 Å². The standard InChI is InChI=1S/C30H31Cl2FN4O4/c1-4-29(40,17-36(2)3)19-11-24-27(25(33)12-19)30(18-5-7-20(31)8-6-18,41-23-10-9-22(38)13-23)37(28(24)39)16-26-34-14-21(32)15-35-26/h5-8,11-12,14-15,23,40H,4,9-10,13,16-17H2,1-3H3/t23-,29?,30+/m0/s1. The molecule has 2 heterocycles. The van der Waals surface area contributed by atoms with Crippen molar-refractivity contribution in [1.29, 1.82) is 0 Å². The average Bonchev–Trinajstić information content (AvgIpc) is 3.44. The Balaban J connectivity index is 1.75. The van der Waals surface area contributed by atoms with Crippen molar-refractivity contribution in [3.8, 4) is 0 Å². The van der Waals surface area contributed by atoms with E-state index in [4.69, 9.17) is 27.9 Å². The normalized spacial score (nSPS) is 22.0. The molecule has 1 saturated carbocycles. The fraction of sp³-hybridized carbons (Fsp3) is 0.400. The predicted octanol–water partition coefficient (Wildman–Crippen LogP) is 5.08. The van der Waals surface area contributed by atoms with E-state index in [1.54, 1.807) is 42.2 Å². The molecule has 1 aliphatic carbocycles. The fourth-order valence-electron chi connectivity index (χ4n) is 5.78. The van der Waals surface area contributed by atoms with Crippen LogP contribution in [0.4, 0.5) is 4.39 Å². The van der Waals surface area contributed by atoms with E-state index in [0.29, 0.717) is 34.9 Å². The second kappa shape index (κ2) is 11.4. The molecule has 1 N–H and O–H groups in total. The molecule has 2 aromatic carbocycles. The lowest BCUT2D eigenvalue weighted by Gasteiger charge is -2.41. The van der Waals surface area contributed by atoms with Gasteiger partial charge in [0, 0.05) is 42.4 Å². The SMILES string of the molecule is CCC(O)(CN(C)C)c1cc(F)c2c(c1)C(=O)N(Cc1ncc(Cl)cn1)[C@@]2(O[C@H]1CCC(=O)C1)c1ccc(Cl)cc1. The number of carbonyl (C=O) groups is 2. The minimum Gasteiger partial charge on any atom is -0.384 e. The van der Waals surface area contributed by atoms with Crippen LogP contribution in [0.3, 0.4) is 0 Å². The van der Waals surface area contributed by atoms with Gasteiger partial charge in [0.25, 0.3) is 5.91 Å². The number of hydrogen-bond acceptors (Lipinski definition) is 7. The Hall–Kier alpha value is -2.95. The molecular weight excluding hydrogens is 570 g/mol. The van der Waals surface area contributed by atoms with Crippen molar-refractivity contribution in [2.45, 2.75) is 56.6 Å². The third-order valence-corrected chi connectivity index (χ3v) is 8.18. The van der Waals surface area contributed by atoms with Gasteiger partial charge in [-0.15, -0.1) is 0 Å². The molecule has 5 rings (SSSR count).